The van der Waals surface area contributed by atoms with Gasteiger partial charge in [0, 0.05) is 4.47 Å². The fraction of sp³-hybridized carbons (Fsp3) is 0.154. The number of hydrogen-bond donors (Lipinski definition) is 2. The van der Waals surface area contributed by atoms with Gasteiger partial charge in [0.05, 0.1) is 12.2 Å². The quantitative estimate of drug-likeness (QED) is 0.503. The van der Waals surface area contributed by atoms with Crippen molar-refractivity contribution in [3.8, 4) is 0 Å². The first kappa shape index (κ1) is 13.8. The molecule has 100 valence electrons. The van der Waals surface area contributed by atoms with Gasteiger partial charge in [0.25, 0.3) is 5.91 Å². The Hall–Kier alpha value is -1.63. The van der Waals surface area contributed by atoms with Crippen LogP contribution in [-0.2, 0) is 18.0 Å². The molecule has 0 aliphatic heterocycles. The maximum absolute atomic E-state index is 11.2. The van der Waals surface area contributed by atoms with Crippen molar-refractivity contribution in [1.29, 1.82) is 0 Å². The predicted molar refractivity (Wildman–Crippen MR) is 73.0 cm³/mol. The predicted octanol–water partition coefficient (Wildman–Crippen LogP) is 2.36. The van der Waals surface area contributed by atoms with E-state index >= 15 is 0 Å². The number of benzene rings is 1. The number of nitrogen functional groups attached to an aromatic ring is 1. The Labute approximate surface area is 118 Å². The number of rotatable bonds is 5. The molecule has 0 atom stereocenters. The van der Waals surface area contributed by atoms with Crippen LogP contribution in [0.5, 0.6) is 0 Å². The third-order valence-corrected chi connectivity index (χ3v) is 3.00. The molecule has 0 aliphatic carbocycles. The lowest BCUT2D eigenvalue weighted by Crippen LogP contribution is -2.29. The van der Waals surface area contributed by atoms with E-state index in [0.29, 0.717) is 24.5 Å². The molecule has 3 N–H and O–H groups in total. The molecule has 0 radical (unpaired) electrons. The summed E-state index contributed by atoms with van der Waals surface area (Å²) < 4.78 is 11.7. The summed E-state index contributed by atoms with van der Waals surface area (Å²) in [6.07, 6.45) is 1.35. The van der Waals surface area contributed by atoms with E-state index in [2.05, 4.69) is 15.9 Å². The van der Waals surface area contributed by atoms with Gasteiger partial charge in [-0.1, -0.05) is 28.1 Å². The number of hydrogen-bond acceptors (Lipinski definition) is 4. The minimum absolute atomic E-state index is 0.300. The molecule has 0 unspecified atom stereocenters. The van der Waals surface area contributed by atoms with Crippen molar-refractivity contribution in [3.05, 3.63) is 58.0 Å². The highest BCUT2D eigenvalue weighted by Gasteiger charge is 2.08. The summed E-state index contributed by atoms with van der Waals surface area (Å²) in [6, 6.07) is 9.45. The van der Waals surface area contributed by atoms with Crippen molar-refractivity contribution >= 4 is 21.8 Å². The van der Waals surface area contributed by atoms with Crippen LogP contribution in [0.4, 0.5) is 0 Å². The fourth-order valence-corrected chi connectivity index (χ4v) is 1.77. The first-order chi connectivity index (χ1) is 9.19. The molecule has 0 aliphatic rings. The largest absolute Gasteiger partial charge is 0.466 e. The zero-order valence-corrected chi connectivity index (χ0v) is 11.6. The van der Waals surface area contributed by atoms with Crippen molar-refractivity contribution in [2.75, 3.05) is 0 Å². The normalized spacial score (nSPS) is 10.4. The number of furan rings is 1. The lowest BCUT2D eigenvalue weighted by Gasteiger charge is -2.02. The van der Waals surface area contributed by atoms with Crippen LogP contribution in [0.15, 0.2) is 45.5 Å². The highest BCUT2D eigenvalue weighted by atomic mass is 79.9. The highest BCUT2D eigenvalue weighted by Crippen LogP contribution is 2.13. The molecule has 1 heterocycles. The molecular weight excluding hydrogens is 312 g/mol. The average molecular weight is 325 g/mol. The van der Waals surface area contributed by atoms with Gasteiger partial charge in [0.1, 0.15) is 18.6 Å². The van der Waals surface area contributed by atoms with Crippen LogP contribution in [0.25, 0.3) is 0 Å². The van der Waals surface area contributed by atoms with E-state index in [1.807, 2.05) is 29.7 Å². The fourth-order valence-electron chi connectivity index (χ4n) is 1.51. The van der Waals surface area contributed by atoms with E-state index in [1.54, 1.807) is 6.07 Å². The van der Waals surface area contributed by atoms with Gasteiger partial charge in [-0.05, 0) is 23.8 Å². The van der Waals surface area contributed by atoms with Crippen LogP contribution in [-0.4, -0.2) is 5.91 Å². The van der Waals surface area contributed by atoms with Crippen LogP contribution in [0, 0.1) is 0 Å². The molecular formula is C13H13BrN2O3. The number of amides is 1. The van der Waals surface area contributed by atoms with E-state index in [4.69, 9.17) is 15.0 Å². The Kier molecular flexibility index (Phi) is 4.73. The van der Waals surface area contributed by atoms with E-state index in [-0.39, 0.29) is 5.91 Å². The Morgan fingerprint density at radius 1 is 1.32 bits per heavy atom. The van der Waals surface area contributed by atoms with Gasteiger partial charge in [-0.25, -0.2) is 5.84 Å². The average Bonchev–Trinajstić information content (AvgIpc) is 2.89. The smallest absolute Gasteiger partial charge is 0.268 e. The summed E-state index contributed by atoms with van der Waals surface area (Å²) in [5, 5.41) is 0. The van der Waals surface area contributed by atoms with E-state index < -0.39 is 0 Å². The summed E-state index contributed by atoms with van der Waals surface area (Å²) in [5.74, 6) is 5.22. The lowest BCUT2D eigenvalue weighted by molar-refractivity contribution is 0.0929. The second-order valence-electron chi connectivity index (χ2n) is 3.89. The minimum Gasteiger partial charge on any atom is -0.466 e. The second-order valence-corrected chi connectivity index (χ2v) is 4.81. The monoisotopic (exact) mass is 324 g/mol. The van der Waals surface area contributed by atoms with Gasteiger partial charge in [-0.2, -0.15) is 0 Å². The molecule has 1 aromatic carbocycles. The molecule has 2 rings (SSSR count). The third-order valence-electron chi connectivity index (χ3n) is 2.47. The minimum atomic E-state index is -0.386. The third kappa shape index (κ3) is 3.92. The molecule has 5 nitrogen and oxygen atoms in total. The molecule has 0 fully saturated rings. The van der Waals surface area contributed by atoms with Crippen molar-refractivity contribution in [2.24, 2.45) is 5.84 Å². The van der Waals surface area contributed by atoms with Gasteiger partial charge < -0.3 is 9.15 Å². The Balaban J connectivity index is 1.84. The zero-order valence-electron chi connectivity index (χ0n) is 10.1. The number of carbonyl (C=O) groups is 1. The number of nitrogens with one attached hydrogen (secondary N) is 1. The number of carbonyl (C=O) groups excluding carboxylic acids is 1. The van der Waals surface area contributed by atoms with E-state index in [0.717, 1.165) is 10.0 Å². The molecule has 0 saturated heterocycles. The Morgan fingerprint density at radius 3 is 2.74 bits per heavy atom. The SMILES string of the molecule is NNC(=O)c1coc(COCc2ccc(Br)cc2)c1. The lowest BCUT2D eigenvalue weighted by atomic mass is 10.2. The summed E-state index contributed by atoms with van der Waals surface area (Å²) in [5.41, 5.74) is 3.48. The molecule has 2 aromatic rings. The summed E-state index contributed by atoms with van der Waals surface area (Å²) in [7, 11) is 0. The molecule has 0 bridgehead atoms. The van der Waals surface area contributed by atoms with Gasteiger partial charge in [0.2, 0.25) is 0 Å². The highest BCUT2D eigenvalue weighted by molar-refractivity contribution is 9.10. The van der Waals surface area contributed by atoms with Crippen molar-refractivity contribution in [3.63, 3.8) is 0 Å². The Morgan fingerprint density at radius 2 is 2.05 bits per heavy atom. The summed E-state index contributed by atoms with van der Waals surface area (Å²) >= 11 is 3.37. The van der Waals surface area contributed by atoms with Crippen molar-refractivity contribution in [2.45, 2.75) is 13.2 Å². The molecule has 1 amide bonds. The summed E-state index contributed by atoms with van der Waals surface area (Å²) in [4.78, 5) is 11.2. The van der Waals surface area contributed by atoms with Gasteiger partial charge >= 0.3 is 0 Å². The number of nitrogens with two attached hydrogens (primary N) is 1. The molecule has 0 spiro atoms. The number of ether oxygens (including phenoxy) is 1. The standard InChI is InChI=1S/C13H13BrN2O3/c14-11-3-1-9(2-4-11)6-18-8-12-5-10(7-19-12)13(17)16-15/h1-5,7H,6,8,15H2,(H,16,17). The van der Waals surface area contributed by atoms with Crippen LogP contribution in [0.3, 0.4) is 0 Å². The first-order valence-corrected chi connectivity index (χ1v) is 6.39. The molecule has 1 aromatic heterocycles. The molecule has 6 heteroatoms. The van der Waals surface area contributed by atoms with Crippen molar-refractivity contribution < 1.29 is 13.9 Å². The van der Waals surface area contributed by atoms with Gasteiger partial charge in [-0.15, -0.1) is 0 Å². The second kappa shape index (κ2) is 6.51. The van der Waals surface area contributed by atoms with Gasteiger partial charge in [-0.3, -0.25) is 10.2 Å². The molecule has 0 saturated carbocycles. The first-order valence-electron chi connectivity index (χ1n) is 5.59. The number of halogens is 1. The maximum Gasteiger partial charge on any atom is 0.268 e. The topological polar surface area (TPSA) is 77.5 Å². The van der Waals surface area contributed by atoms with E-state index in [1.165, 1.54) is 6.26 Å². The number of hydrazine groups is 1. The van der Waals surface area contributed by atoms with Crippen molar-refractivity contribution in [1.82, 2.24) is 5.43 Å². The van der Waals surface area contributed by atoms with E-state index in [9.17, 15) is 4.79 Å². The van der Waals surface area contributed by atoms with Crippen LogP contribution in [0.2, 0.25) is 0 Å². The summed E-state index contributed by atoms with van der Waals surface area (Å²) in [6.45, 7) is 0.778. The zero-order chi connectivity index (χ0) is 13.7. The maximum atomic E-state index is 11.2. The van der Waals surface area contributed by atoms with Crippen LogP contribution < -0.4 is 11.3 Å². The van der Waals surface area contributed by atoms with Crippen LogP contribution >= 0.6 is 15.9 Å². The van der Waals surface area contributed by atoms with Gasteiger partial charge in [0.15, 0.2) is 0 Å². The molecule has 19 heavy (non-hydrogen) atoms. The Bertz CT molecular complexity index is 551. The van der Waals surface area contributed by atoms with Crippen LogP contribution in [0.1, 0.15) is 21.7 Å².